The molecular weight excluding hydrogens is 280 g/mol. The topological polar surface area (TPSA) is 83.1 Å². The molecule has 1 aliphatic heterocycles. The van der Waals surface area contributed by atoms with Crippen LogP contribution in [-0.4, -0.2) is 32.4 Å². The van der Waals surface area contributed by atoms with Gasteiger partial charge in [0.25, 0.3) is 5.91 Å². The van der Waals surface area contributed by atoms with Crippen molar-refractivity contribution in [3.63, 3.8) is 0 Å². The zero-order valence-electron chi connectivity index (χ0n) is 11.3. The number of rotatable bonds is 4. The number of nitrogens with zero attached hydrogens (tertiary/aromatic N) is 1. The van der Waals surface area contributed by atoms with Crippen molar-refractivity contribution in [3.05, 3.63) is 22.6 Å². The van der Waals surface area contributed by atoms with Crippen molar-refractivity contribution in [2.24, 2.45) is 10.7 Å². The van der Waals surface area contributed by atoms with E-state index in [1.807, 2.05) is 0 Å². The highest BCUT2D eigenvalue weighted by Crippen LogP contribution is 2.37. The summed E-state index contributed by atoms with van der Waals surface area (Å²) in [6.07, 6.45) is 1.66. The summed E-state index contributed by atoms with van der Waals surface area (Å²) < 4.78 is 15.7. The number of hydrogen-bond donors (Lipinski definition) is 1. The summed E-state index contributed by atoms with van der Waals surface area (Å²) >= 11 is 1.12. The van der Waals surface area contributed by atoms with Crippen LogP contribution in [0.15, 0.2) is 22.0 Å². The highest BCUT2D eigenvalue weighted by atomic mass is 32.2. The summed E-state index contributed by atoms with van der Waals surface area (Å²) in [6, 6.07) is 3.42. The number of ether oxygens (including phenoxy) is 3. The number of amides is 1. The average Bonchev–Trinajstić information content (AvgIpc) is 2.76. The van der Waals surface area contributed by atoms with Gasteiger partial charge in [-0.1, -0.05) is 0 Å². The van der Waals surface area contributed by atoms with E-state index in [4.69, 9.17) is 19.9 Å². The van der Waals surface area contributed by atoms with Crippen LogP contribution in [0.3, 0.4) is 0 Å². The first kappa shape index (κ1) is 14.3. The fourth-order valence-electron chi connectivity index (χ4n) is 1.73. The molecule has 1 heterocycles. The van der Waals surface area contributed by atoms with Gasteiger partial charge in [0.2, 0.25) is 0 Å². The van der Waals surface area contributed by atoms with Crippen molar-refractivity contribution in [2.45, 2.75) is 0 Å². The highest BCUT2D eigenvalue weighted by Gasteiger charge is 2.21. The Morgan fingerprint density at radius 1 is 1.10 bits per heavy atom. The normalized spacial score (nSPS) is 16.2. The number of carbonyl (C=O) groups is 1. The van der Waals surface area contributed by atoms with Crippen LogP contribution >= 0.6 is 11.8 Å². The van der Waals surface area contributed by atoms with E-state index in [1.165, 1.54) is 14.2 Å². The Balaban J connectivity index is 2.46. The third-order valence-corrected chi connectivity index (χ3v) is 3.47. The van der Waals surface area contributed by atoms with Crippen LogP contribution in [-0.2, 0) is 4.79 Å². The van der Waals surface area contributed by atoms with E-state index in [0.29, 0.717) is 27.7 Å². The molecule has 0 saturated heterocycles. The van der Waals surface area contributed by atoms with E-state index in [-0.39, 0.29) is 11.1 Å². The van der Waals surface area contributed by atoms with E-state index in [0.717, 1.165) is 11.8 Å². The van der Waals surface area contributed by atoms with Gasteiger partial charge in [0.1, 0.15) is 5.75 Å². The van der Waals surface area contributed by atoms with Crippen LogP contribution < -0.4 is 19.9 Å². The maximum absolute atomic E-state index is 11.6. The Morgan fingerprint density at radius 2 is 1.70 bits per heavy atom. The smallest absolute Gasteiger partial charge is 0.286 e. The Kier molecular flexibility index (Phi) is 4.19. The number of nitrogens with two attached hydrogens (primary N) is 1. The van der Waals surface area contributed by atoms with Crippen molar-refractivity contribution in [3.8, 4) is 17.2 Å². The van der Waals surface area contributed by atoms with Gasteiger partial charge in [-0.05, 0) is 23.9 Å². The SMILES string of the molecule is COc1cc(OC)c(OC)cc1/C=C1/SC(N)=NC1=O. The minimum absolute atomic E-state index is 0.237. The van der Waals surface area contributed by atoms with Gasteiger partial charge in [0.05, 0.1) is 26.2 Å². The van der Waals surface area contributed by atoms with Crippen LogP contribution in [0.4, 0.5) is 0 Å². The summed E-state index contributed by atoms with van der Waals surface area (Å²) in [7, 11) is 4.62. The monoisotopic (exact) mass is 294 g/mol. The van der Waals surface area contributed by atoms with E-state index in [9.17, 15) is 4.79 Å². The number of methoxy groups -OCH3 is 3. The lowest BCUT2D eigenvalue weighted by atomic mass is 10.1. The number of aliphatic imine (C=N–C) groups is 1. The van der Waals surface area contributed by atoms with Crippen molar-refractivity contribution >= 4 is 28.9 Å². The zero-order valence-corrected chi connectivity index (χ0v) is 12.1. The van der Waals surface area contributed by atoms with Crippen LogP contribution in [0.1, 0.15) is 5.56 Å². The quantitative estimate of drug-likeness (QED) is 0.850. The van der Waals surface area contributed by atoms with Gasteiger partial charge >= 0.3 is 0 Å². The molecule has 2 rings (SSSR count). The minimum Gasteiger partial charge on any atom is -0.496 e. The molecule has 2 N–H and O–H groups in total. The molecule has 20 heavy (non-hydrogen) atoms. The highest BCUT2D eigenvalue weighted by molar-refractivity contribution is 8.18. The number of benzene rings is 1. The third kappa shape index (κ3) is 2.72. The van der Waals surface area contributed by atoms with Gasteiger partial charge in [-0.2, -0.15) is 4.99 Å². The van der Waals surface area contributed by atoms with Gasteiger partial charge in [0, 0.05) is 11.6 Å². The van der Waals surface area contributed by atoms with Gasteiger partial charge in [-0.3, -0.25) is 4.79 Å². The standard InChI is InChI=1S/C13H14N2O4S/c1-17-8-6-10(19-3)9(18-2)4-7(8)5-11-12(16)15-13(14)20-11/h4-6H,1-3H3,(H2,14,15,16)/b11-5+. The molecule has 0 spiro atoms. The number of carbonyl (C=O) groups excluding carboxylic acids is 1. The van der Waals surface area contributed by atoms with E-state index < -0.39 is 0 Å². The minimum atomic E-state index is -0.357. The van der Waals surface area contributed by atoms with Gasteiger partial charge in [0.15, 0.2) is 16.7 Å². The molecule has 0 aromatic heterocycles. The van der Waals surface area contributed by atoms with Crippen molar-refractivity contribution in [1.82, 2.24) is 0 Å². The third-order valence-electron chi connectivity index (χ3n) is 2.66. The van der Waals surface area contributed by atoms with E-state index >= 15 is 0 Å². The lowest BCUT2D eigenvalue weighted by molar-refractivity contribution is -0.113. The van der Waals surface area contributed by atoms with Crippen molar-refractivity contribution < 1.29 is 19.0 Å². The fourth-order valence-corrected chi connectivity index (χ4v) is 2.41. The molecule has 106 valence electrons. The van der Waals surface area contributed by atoms with Crippen molar-refractivity contribution in [2.75, 3.05) is 21.3 Å². The van der Waals surface area contributed by atoms with E-state index in [1.54, 1.807) is 25.3 Å². The second-order valence-corrected chi connectivity index (χ2v) is 4.88. The second-order valence-electron chi connectivity index (χ2n) is 3.81. The molecule has 0 bridgehead atoms. The maximum Gasteiger partial charge on any atom is 0.286 e. The lowest BCUT2D eigenvalue weighted by Crippen LogP contribution is -2.01. The molecule has 7 heteroatoms. The summed E-state index contributed by atoms with van der Waals surface area (Å²) in [5, 5.41) is 0.237. The summed E-state index contributed by atoms with van der Waals surface area (Å²) in [5.74, 6) is 1.30. The Labute approximate surface area is 120 Å². The second kappa shape index (κ2) is 5.87. The van der Waals surface area contributed by atoms with Crippen LogP contribution in [0.25, 0.3) is 6.08 Å². The molecule has 1 aromatic rings. The van der Waals surface area contributed by atoms with Gasteiger partial charge in [-0.25, -0.2) is 0 Å². The van der Waals surface area contributed by atoms with Gasteiger partial charge in [-0.15, -0.1) is 0 Å². The molecule has 1 aliphatic rings. The molecular formula is C13H14N2O4S. The summed E-state index contributed by atoms with van der Waals surface area (Å²) in [5.41, 5.74) is 6.20. The van der Waals surface area contributed by atoms with Crippen molar-refractivity contribution in [1.29, 1.82) is 0 Å². The first-order chi connectivity index (χ1) is 9.58. The zero-order chi connectivity index (χ0) is 14.7. The average molecular weight is 294 g/mol. The molecule has 0 fully saturated rings. The van der Waals surface area contributed by atoms with Crippen LogP contribution in [0.2, 0.25) is 0 Å². The summed E-state index contributed by atoms with van der Waals surface area (Å²) in [6.45, 7) is 0. The number of thioether (sulfide) groups is 1. The molecule has 6 nitrogen and oxygen atoms in total. The first-order valence-corrected chi connectivity index (χ1v) is 6.48. The first-order valence-electron chi connectivity index (χ1n) is 5.67. The Bertz CT molecular complexity index is 611. The molecule has 0 atom stereocenters. The van der Waals surface area contributed by atoms with Gasteiger partial charge < -0.3 is 19.9 Å². The Morgan fingerprint density at radius 3 is 2.20 bits per heavy atom. The predicted molar refractivity (Wildman–Crippen MR) is 78.3 cm³/mol. The molecule has 0 saturated carbocycles. The lowest BCUT2D eigenvalue weighted by Gasteiger charge is -2.12. The molecule has 0 aliphatic carbocycles. The predicted octanol–water partition coefficient (Wildman–Crippen LogP) is 1.64. The fraction of sp³-hybridized carbons (Fsp3) is 0.231. The largest absolute Gasteiger partial charge is 0.496 e. The maximum atomic E-state index is 11.6. The molecule has 1 amide bonds. The molecule has 1 aromatic carbocycles. The Hall–Kier alpha value is -2.15. The molecule has 0 unspecified atom stereocenters. The number of amidine groups is 1. The molecule has 0 radical (unpaired) electrons. The van der Waals surface area contributed by atoms with E-state index in [2.05, 4.69) is 4.99 Å². The van der Waals surface area contributed by atoms with Crippen LogP contribution in [0.5, 0.6) is 17.2 Å². The van der Waals surface area contributed by atoms with Crippen LogP contribution in [0, 0.1) is 0 Å². The summed E-state index contributed by atoms with van der Waals surface area (Å²) in [4.78, 5) is 15.7. The number of hydrogen-bond acceptors (Lipinski definition) is 6.